The van der Waals surface area contributed by atoms with Crippen LogP contribution in [0.3, 0.4) is 0 Å². The van der Waals surface area contributed by atoms with Gasteiger partial charge in [0, 0.05) is 21.9 Å². The molecule has 4 heteroatoms. The number of aromatic nitrogens is 2. The van der Waals surface area contributed by atoms with Crippen LogP contribution >= 0.6 is 0 Å². The van der Waals surface area contributed by atoms with Crippen LogP contribution in [0.25, 0.3) is 55.8 Å². The summed E-state index contributed by atoms with van der Waals surface area (Å²) in [6.45, 7) is 4.54. The van der Waals surface area contributed by atoms with Crippen molar-refractivity contribution in [3.8, 4) is 67.9 Å². The fourth-order valence-corrected chi connectivity index (χ4v) is 6.79. The highest BCUT2D eigenvalue weighted by molar-refractivity contribution is 5.93. The van der Waals surface area contributed by atoms with E-state index in [2.05, 4.69) is 105 Å². The topological polar surface area (TPSA) is 44.2 Å². The van der Waals surface area contributed by atoms with E-state index in [1.54, 1.807) is 0 Å². The largest absolute Gasteiger partial charge is 0.450 e. The lowest BCUT2D eigenvalue weighted by Crippen LogP contribution is -2.15. The molecule has 7 aromatic rings. The van der Waals surface area contributed by atoms with Crippen LogP contribution in [-0.4, -0.2) is 9.97 Å². The van der Waals surface area contributed by atoms with E-state index >= 15 is 0 Å². The minimum Gasteiger partial charge on any atom is -0.450 e. The molecular formula is C41H28N2O2. The minimum atomic E-state index is -0.0956. The smallest absolute Gasteiger partial charge is 0.170 e. The van der Waals surface area contributed by atoms with Crippen molar-refractivity contribution in [2.24, 2.45) is 0 Å². The Morgan fingerprint density at radius 1 is 0.467 bits per heavy atom. The van der Waals surface area contributed by atoms with E-state index in [1.165, 1.54) is 22.3 Å². The van der Waals surface area contributed by atoms with Crippen LogP contribution in [0, 0.1) is 0 Å². The zero-order valence-electron chi connectivity index (χ0n) is 24.9. The molecule has 0 spiro atoms. The van der Waals surface area contributed by atoms with Crippen molar-refractivity contribution in [2.45, 2.75) is 19.3 Å². The summed E-state index contributed by atoms with van der Waals surface area (Å²) in [5.41, 5.74) is 11.0. The second-order valence-electron chi connectivity index (χ2n) is 12.2. The van der Waals surface area contributed by atoms with Gasteiger partial charge in [0.25, 0.3) is 0 Å². The van der Waals surface area contributed by atoms with Crippen LogP contribution in [0.4, 0.5) is 0 Å². The molecule has 6 aromatic carbocycles. The number of hydrogen-bond acceptors (Lipinski definition) is 4. The van der Waals surface area contributed by atoms with Crippen molar-refractivity contribution in [1.29, 1.82) is 0 Å². The van der Waals surface area contributed by atoms with E-state index in [9.17, 15) is 0 Å². The van der Waals surface area contributed by atoms with Crippen molar-refractivity contribution < 1.29 is 9.47 Å². The summed E-state index contributed by atoms with van der Waals surface area (Å²) >= 11 is 0. The van der Waals surface area contributed by atoms with E-state index < -0.39 is 0 Å². The predicted molar refractivity (Wildman–Crippen MR) is 180 cm³/mol. The van der Waals surface area contributed by atoms with Gasteiger partial charge in [-0.2, -0.15) is 0 Å². The second-order valence-corrected chi connectivity index (χ2v) is 12.2. The molecule has 0 bridgehead atoms. The average molecular weight is 581 g/mol. The molecule has 1 aliphatic carbocycles. The van der Waals surface area contributed by atoms with Crippen molar-refractivity contribution in [2.75, 3.05) is 0 Å². The lowest BCUT2D eigenvalue weighted by atomic mass is 9.82. The van der Waals surface area contributed by atoms with Crippen LogP contribution in [0.2, 0.25) is 0 Å². The first-order valence-electron chi connectivity index (χ1n) is 15.2. The highest BCUT2D eigenvalue weighted by Crippen LogP contribution is 2.55. The molecule has 0 radical (unpaired) electrons. The van der Waals surface area contributed by atoms with Gasteiger partial charge in [-0.25, -0.2) is 9.97 Å². The maximum Gasteiger partial charge on any atom is 0.170 e. The Bertz CT molecular complexity index is 2290. The summed E-state index contributed by atoms with van der Waals surface area (Å²) in [6.07, 6.45) is 0. The number of para-hydroxylation sites is 1. The third kappa shape index (κ3) is 4.06. The fraction of sp³-hybridized carbons (Fsp3) is 0.0732. The van der Waals surface area contributed by atoms with Gasteiger partial charge >= 0.3 is 0 Å². The molecule has 0 amide bonds. The summed E-state index contributed by atoms with van der Waals surface area (Å²) in [6, 6.07) is 45.9. The molecule has 9 rings (SSSR count). The summed E-state index contributed by atoms with van der Waals surface area (Å²) in [7, 11) is 0. The van der Waals surface area contributed by atoms with Gasteiger partial charge in [-0.3, -0.25) is 0 Å². The molecular weight excluding hydrogens is 552 g/mol. The Kier molecular flexibility index (Phi) is 5.51. The number of rotatable bonds is 3. The molecule has 1 aromatic heterocycles. The molecule has 45 heavy (non-hydrogen) atoms. The monoisotopic (exact) mass is 580 g/mol. The van der Waals surface area contributed by atoms with E-state index in [0.29, 0.717) is 17.3 Å². The Morgan fingerprint density at radius 2 is 1.13 bits per heavy atom. The van der Waals surface area contributed by atoms with Crippen LogP contribution in [-0.2, 0) is 5.41 Å². The zero-order chi connectivity index (χ0) is 30.1. The standard InChI is InChI=1S/C41H28N2O2/c1-41(2)32-14-8-6-12-29(32)31-23-37-38(24-33(31)41)44-35-21-20-28(22-36(35)45-37)25-16-18-27(19-17-25)40-42-34-15-9-7-13-30(34)39(43-40)26-10-4-3-5-11-26/h3-24H,1-2H3. The Balaban J connectivity index is 1.04. The molecule has 0 unspecified atom stereocenters. The third-order valence-corrected chi connectivity index (χ3v) is 9.16. The van der Waals surface area contributed by atoms with Gasteiger partial charge in [0.05, 0.1) is 11.2 Å². The maximum atomic E-state index is 6.49. The van der Waals surface area contributed by atoms with Crippen LogP contribution < -0.4 is 9.47 Å². The highest BCUT2D eigenvalue weighted by Gasteiger charge is 2.37. The van der Waals surface area contributed by atoms with Crippen molar-refractivity contribution in [3.05, 3.63) is 145 Å². The van der Waals surface area contributed by atoms with Crippen LogP contribution in [0.5, 0.6) is 23.0 Å². The molecule has 0 saturated carbocycles. The van der Waals surface area contributed by atoms with Gasteiger partial charge in [-0.05, 0) is 63.7 Å². The first kappa shape index (κ1) is 25.7. The molecule has 4 nitrogen and oxygen atoms in total. The first-order valence-corrected chi connectivity index (χ1v) is 15.2. The van der Waals surface area contributed by atoms with E-state index in [4.69, 9.17) is 19.4 Å². The van der Waals surface area contributed by atoms with Crippen molar-refractivity contribution in [1.82, 2.24) is 9.97 Å². The van der Waals surface area contributed by atoms with Crippen molar-refractivity contribution in [3.63, 3.8) is 0 Å². The lowest BCUT2D eigenvalue weighted by molar-refractivity contribution is 0.359. The minimum absolute atomic E-state index is 0.0956. The molecule has 0 saturated heterocycles. The first-order chi connectivity index (χ1) is 22.0. The van der Waals surface area contributed by atoms with Gasteiger partial charge in [-0.1, -0.05) is 117 Å². The molecule has 0 atom stereocenters. The normalized spacial score (nSPS) is 13.6. The van der Waals surface area contributed by atoms with E-state index in [1.807, 2.05) is 42.5 Å². The quantitative estimate of drug-likeness (QED) is 0.208. The van der Waals surface area contributed by atoms with Gasteiger partial charge in [-0.15, -0.1) is 0 Å². The van der Waals surface area contributed by atoms with Crippen molar-refractivity contribution >= 4 is 10.9 Å². The Labute approximate surface area is 261 Å². The second kappa shape index (κ2) is 9.63. The maximum absolute atomic E-state index is 6.49. The summed E-state index contributed by atoms with van der Waals surface area (Å²) in [5, 5.41) is 1.04. The Morgan fingerprint density at radius 3 is 2.00 bits per heavy atom. The number of ether oxygens (including phenoxy) is 2. The number of fused-ring (bicyclic) bond motifs is 6. The molecule has 1 aliphatic heterocycles. The molecule has 2 aliphatic rings. The van der Waals surface area contributed by atoms with Crippen LogP contribution in [0.1, 0.15) is 25.0 Å². The predicted octanol–water partition coefficient (Wildman–Crippen LogP) is 10.8. The van der Waals surface area contributed by atoms with Gasteiger partial charge < -0.3 is 9.47 Å². The number of nitrogens with zero attached hydrogens (tertiary/aromatic N) is 2. The molecule has 2 heterocycles. The molecule has 0 N–H and O–H groups in total. The lowest BCUT2D eigenvalue weighted by Gasteiger charge is -2.25. The fourth-order valence-electron chi connectivity index (χ4n) is 6.79. The molecule has 214 valence electrons. The van der Waals surface area contributed by atoms with E-state index in [0.717, 1.165) is 50.3 Å². The SMILES string of the molecule is CC1(C)c2ccccc2-c2cc3c(cc21)Oc1ccc(-c2ccc(-c4nc(-c5ccccc5)c5ccccc5n4)cc2)cc1O3. The number of benzene rings is 6. The number of hydrogen-bond donors (Lipinski definition) is 0. The average Bonchev–Trinajstić information content (AvgIpc) is 3.31. The summed E-state index contributed by atoms with van der Waals surface area (Å²) < 4.78 is 12.9. The summed E-state index contributed by atoms with van der Waals surface area (Å²) in [5.74, 6) is 3.62. The zero-order valence-corrected chi connectivity index (χ0v) is 24.9. The van der Waals surface area contributed by atoms with E-state index in [-0.39, 0.29) is 5.41 Å². The summed E-state index contributed by atoms with van der Waals surface area (Å²) in [4.78, 5) is 9.94. The molecule has 0 fully saturated rings. The van der Waals surface area contributed by atoms with Gasteiger partial charge in [0.2, 0.25) is 0 Å². The van der Waals surface area contributed by atoms with Crippen LogP contribution in [0.15, 0.2) is 133 Å². The highest BCUT2D eigenvalue weighted by atomic mass is 16.6. The van der Waals surface area contributed by atoms with Gasteiger partial charge in [0.1, 0.15) is 0 Å². The van der Waals surface area contributed by atoms with Gasteiger partial charge in [0.15, 0.2) is 28.8 Å². The third-order valence-electron chi connectivity index (χ3n) is 9.16. The Hall–Kier alpha value is -5.74.